The third kappa shape index (κ3) is 2.87. The van der Waals surface area contributed by atoms with Crippen LogP contribution in [0.3, 0.4) is 0 Å². The molecule has 1 N–H and O–H groups in total. The molecule has 0 bridgehead atoms. The molecule has 1 amide bonds. The lowest BCUT2D eigenvalue weighted by Gasteiger charge is -2.04. The van der Waals surface area contributed by atoms with Crippen molar-refractivity contribution in [2.45, 2.75) is 6.92 Å². The SMILES string of the molecule is Cc1nc(-c2cccnc2)sc1C(=O)Nc1ccccc1F. The summed E-state index contributed by atoms with van der Waals surface area (Å²) in [5.74, 6) is -0.833. The van der Waals surface area contributed by atoms with E-state index in [0.29, 0.717) is 15.6 Å². The van der Waals surface area contributed by atoms with Crippen LogP contribution in [0, 0.1) is 12.7 Å². The van der Waals surface area contributed by atoms with E-state index in [9.17, 15) is 9.18 Å². The van der Waals surface area contributed by atoms with Gasteiger partial charge in [-0.15, -0.1) is 11.3 Å². The molecule has 0 radical (unpaired) electrons. The molecule has 0 spiro atoms. The van der Waals surface area contributed by atoms with Crippen molar-refractivity contribution in [3.8, 4) is 10.6 Å². The van der Waals surface area contributed by atoms with E-state index in [2.05, 4.69) is 15.3 Å². The quantitative estimate of drug-likeness (QED) is 0.797. The van der Waals surface area contributed by atoms with Crippen LogP contribution in [-0.2, 0) is 0 Å². The summed E-state index contributed by atoms with van der Waals surface area (Å²) in [5, 5.41) is 3.29. The van der Waals surface area contributed by atoms with Crippen molar-refractivity contribution in [2.24, 2.45) is 0 Å². The van der Waals surface area contributed by atoms with Crippen LogP contribution in [0.4, 0.5) is 10.1 Å². The lowest BCUT2D eigenvalue weighted by Crippen LogP contribution is -2.12. The smallest absolute Gasteiger partial charge is 0.267 e. The minimum Gasteiger partial charge on any atom is -0.319 e. The van der Waals surface area contributed by atoms with E-state index >= 15 is 0 Å². The second-order valence-electron chi connectivity index (χ2n) is 4.61. The Morgan fingerprint density at radius 1 is 1.23 bits per heavy atom. The van der Waals surface area contributed by atoms with Crippen molar-refractivity contribution < 1.29 is 9.18 Å². The summed E-state index contributed by atoms with van der Waals surface area (Å²) in [6.07, 6.45) is 3.37. The van der Waals surface area contributed by atoms with E-state index in [1.807, 2.05) is 12.1 Å². The number of benzene rings is 1. The third-order valence-corrected chi connectivity index (χ3v) is 4.24. The van der Waals surface area contributed by atoms with Crippen LogP contribution in [0.5, 0.6) is 0 Å². The Labute approximate surface area is 130 Å². The van der Waals surface area contributed by atoms with Crippen LogP contribution in [0.15, 0.2) is 48.8 Å². The molecule has 0 saturated heterocycles. The molecule has 2 aromatic heterocycles. The van der Waals surface area contributed by atoms with Gasteiger partial charge in [-0.2, -0.15) is 0 Å². The Balaban J connectivity index is 1.88. The number of carbonyl (C=O) groups is 1. The topological polar surface area (TPSA) is 54.9 Å². The Morgan fingerprint density at radius 3 is 2.77 bits per heavy atom. The summed E-state index contributed by atoms with van der Waals surface area (Å²) in [6, 6.07) is 9.75. The van der Waals surface area contributed by atoms with E-state index in [1.54, 1.807) is 31.5 Å². The van der Waals surface area contributed by atoms with E-state index in [-0.39, 0.29) is 11.6 Å². The summed E-state index contributed by atoms with van der Waals surface area (Å²) < 4.78 is 13.6. The molecule has 6 heteroatoms. The predicted molar refractivity (Wildman–Crippen MR) is 84.4 cm³/mol. The molecule has 3 rings (SSSR count). The number of halogens is 1. The van der Waals surface area contributed by atoms with Crippen molar-refractivity contribution in [2.75, 3.05) is 5.32 Å². The number of hydrogen-bond donors (Lipinski definition) is 1. The zero-order valence-corrected chi connectivity index (χ0v) is 12.5. The number of aryl methyl sites for hydroxylation is 1. The highest BCUT2D eigenvalue weighted by Crippen LogP contribution is 2.28. The van der Waals surface area contributed by atoms with Crippen molar-refractivity contribution >= 4 is 22.9 Å². The van der Waals surface area contributed by atoms with Gasteiger partial charge in [0, 0.05) is 18.0 Å². The minimum absolute atomic E-state index is 0.156. The second kappa shape index (κ2) is 6.03. The van der Waals surface area contributed by atoms with Gasteiger partial charge in [0.15, 0.2) is 0 Å². The van der Waals surface area contributed by atoms with Crippen molar-refractivity contribution in [3.05, 3.63) is 65.2 Å². The van der Waals surface area contributed by atoms with Crippen LogP contribution >= 0.6 is 11.3 Å². The Kier molecular flexibility index (Phi) is 3.93. The Hall–Kier alpha value is -2.60. The monoisotopic (exact) mass is 313 g/mol. The molecule has 22 heavy (non-hydrogen) atoms. The summed E-state index contributed by atoms with van der Waals surface area (Å²) in [4.78, 5) is 21.2. The number of nitrogens with one attached hydrogen (secondary N) is 1. The maximum atomic E-state index is 13.6. The third-order valence-electron chi connectivity index (χ3n) is 3.03. The summed E-state index contributed by atoms with van der Waals surface area (Å²) in [7, 11) is 0. The first-order valence-electron chi connectivity index (χ1n) is 6.59. The number of hydrogen-bond acceptors (Lipinski definition) is 4. The average Bonchev–Trinajstić information content (AvgIpc) is 2.92. The molecule has 0 aliphatic carbocycles. The minimum atomic E-state index is -0.467. The van der Waals surface area contributed by atoms with Gasteiger partial charge in [0.05, 0.1) is 11.4 Å². The molecule has 2 heterocycles. The summed E-state index contributed by atoms with van der Waals surface area (Å²) in [5.41, 5.74) is 1.61. The van der Waals surface area contributed by atoms with Crippen molar-refractivity contribution in [1.29, 1.82) is 0 Å². The highest BCUT2D eigenvalue weighted by molar-refractivity contribution is 7.17. The van der Waals surface area contributed by atoms with Crippen molar-refractivity contribution in [1.82, 2.24) is 9.97 Å². The van der Waals surface area contributed by atoms with E-state index < -0.39 is 5.82 Å². The van der Waals surface area contributed by atoms with Gasteiger partial charge in [-0.05, 0) is 31.2 Å². The summed E-state index contributed by atoms with van der Waals surface area (Å²) in [6.45, 7) is 1.76. The molecule has 0 aliphatic rings. The number of pyridine rings is 1. The number of para-hydroxylation sites is 1. The molecule has 110 valence electrons. The number of carbonyl (C=O) groups excluding carboxylic acids is 1. The molecule has 3 aromatic rings. The second-order valence-corrected chi connectivity index (χ2v) is 5.61. The fourth-order valence-corrected chi connectivity index (χ4v) is 2.91. The van der Waals surface area contributed by atoms with Crippen molar-refractivity contribution in [3.63, 3.8) is 0 Å². The first-order valence-corrected chi connectivity index (χ1v) is 7.40. The predicted octanol–water partition coefficient (Wildman–Crippen LogP) is 3.90. The molecule has 0 aliphatic heterocycles. The Bertz CT molecular complexity index is 817. The molecule has 4 nitrogen and oxygen atoms in total. The highest BCUT2D eigenvalue weighted by atomic mass is 32.1. The maximum absolute atomic E-state index is 13.6. The Morgan fingerprint density at radius 2 is 2.05 bits per heavy atom. The van der Waals surface area contributed by atoms with Crippen LogP contribution in [-0.4, -0.2) is 15.9 Å². The fraction of sp³-hybridized carbons (Fsp3) is 0.0625. The number of nitrogens with zero attached hydrogens (tertiary/aromatic N) is 2. The number of thiazole rings is 1. The van der Waals surface area contributed by atoms with E-state index in [0.717, 1.165) is 5.56 Å². The molecule has 1 aromatic carbocycles. The van der Waals surface area contributed by atoms with Gasteiger partial charge < -0.3 is 5.32 Å². The van der Waals surface area contributed by atoms with Gasteiger partial charge >= 0.3 is 0 Å². The van der Waals surface area contributed by atoms with Gasteiger partial charge in [0.25, 0.3) is 5.91 Å². The van der Waals surface area contributed by atoms with Crippen LogP contribution < -0.4 is 5.32 Å². The summed E-state index contributed by atoms with van der Waals surface area (Å²) >= 11 is 1.26. The molecule has 0 saturated carbocycles. The molecular formula is C16H12FN3OS. The normalized spacial score (nSPS) is 10.5. The van der Waals surface area contributed by atoms with Gasteiger partial charge in [-0.25, -0.2) is 9.37 Å². The van der Waals surface area contributed by atoms with Gasteiger partial charge in [-0.1, -0.05) is 12.1 Å². The van der Waals surface area contributed by atoms with Crippen LogP contribution in [0.2, 0.25) is 0 Å². The average molecular weight is 313 g/mol. The van der Waals surface area contributed by atoms with Crippen LogP contribution in [0.1, 0.15) is 15.4 Å². The van der Waals surface area contributed by atoms with Gasteiger partial charge in [-0.3, -0.25) is 9.78 Å². The highest BCUT2D eigenvalue weighted by Gasteiger charge is 2.17. The maximum Gasteiger partial charge on any atom is 0.267 e. The zero-order valence-electron chi connectivity index (χ0n) is 11.7. The fourth-order valence-electron chi connectivity index (χ4n) is 1.96. The number of rotatable bonds is 3. The lowest BCUT2D eigenvalue weighted by molar-refractivity contribution is 0.102. The lowest BCUT2D eigenvalue weighted by atomic mass is 10.3. The molecule has 0 unspecified atom stereocenters. The van der Waals surface area contributed by atoms with Gasteiger partial charge in [0.2, 0.25) is 0 Å². The van der Waals surface area contributed by atoms with E-state index in [4.69, 9.17) is 0 Å². The first-order chi connectivity index (χ1) is 10.6. The number of anilines is 1. The number of aromatic nitrogens is 2. The number of amides is 1. The molecule has 0 fully saturated rings. The van der Waals surface area contributed by atoms with Crippen LogP contribution in [0.25, 0.3) is 10.6 Å². The zero-order chi connectivity index (χ0) is 15.5. The molecule has 0 atom stereocenters. The molecular weight excluding hydrogens is 301 g/mol. The van der Waals surface area contributed by atoms with E-state index in [1.165, 1.54) is 23.5 Å². The standard InChI is InChI=1S/C16H12FN3OS/c1-10-14(15(21)20-13-7-3-2-6-12(13)17)22-16(19-10)11-5-4-8-18-9-11/h2-9H,1H3,(H,20,21). The van der Waals surface area contributed by atoms with Gasteiger partial charge in [0.1, 0.15) is 15.7 Å². The largest absolute Gasteiger partial charge is 0.319 e. The first kappa shape index (κ1) is 14.3.